The average Bonchev–Trinajstić information content (AvgIpc) is 3.14. The first-order valence-electron chi connectivity index (χ1n) is 8.21. The predicted molar refractivity (Wildman–Crippen MR) is 90.6 cm³/mol. The van der Waals surface area contributed by atoms with Crippen LogP contribution in [-0.4, -0.2) is 24.3 Å². The first kappa shape index (κ1) is 18.7. The molecule has 0 aromatic heterocycles. The highest BCUT2D eigenvalue weighted by atomic mass is 16.6. The summed E-state index contributed by atoms with van der Waals surface area (Å²) < 4.78 is 10.6. The Bertz CT molecular complexity index is 436. The van der Waals surface area contributed by atoms with Crippen molar-refractivity contribution in [2.24, 2.45) is 5.92 Å². The van der Waals surface area contributed by atoms with Crippen molar-refractivity contribution < 1.29 is 14.3 Å². The SMILES string of the molecule is C=CCOC(=O)C=C(C)C=CCC(C)CCC1OC1(C)CC. The number of epoxide rings is 1. The average molecular weight is 306 g/mol. The highest BCUT2D eigenvalue weighted by molar-refractivity contribution is 5.83. The van der Waals surface area contributed by atoms with E-state index in [1.54, 1.807) is 6.08 Å². The van der Waals surface area contributed by atoms with Crippen LogP contribution in [0, 0.1) is 5.92 Å². The Hall–Kier alpha value is -1.35. The third-order valence-electron chi connectivity index (χ3n) is 4.27. The van der Waals surface area contributed by atoms with E-state index in [0.29, 0.717) is 12.0 Å². The van der Waals surface area contributed by atoms with E-state index in [9.17, 15) is 4.79 Å². The number of hydrogen-bond acceptors (Lipinski definition) is 3. The van der Waals surface area contributed by atoms with E-state index in [-0.39, 0.29) is 18.2 Å². The number of ether oxygens (including phenoxy) is 2. The number of carbonyl (C=O) groups is 1. The maximum Gasteiger partial charge on any atom is 0.331 e. The molecule has 124 valence electrons. The summed E-state index contributed by atoms with van der Waals surface area (Å²) in [4.78, 5) is 11.4. The first-order valence-corrected chi connectivity index (χ1v) is 8.21. The summed E-state index contributed by atoms with van der Waals surface area (Å²) in [6.45, 7) is 12.3. The van der Waals surface area contributed by atoms with Gasteiger partial charge in [-0.25, -0.2) is 4.79 Å². The van der Waals surface area contributed by atoms with Gasteiger partial charge in [-0.3, -0.25) is 0 Å². The molecule has 0 saturated carbocycles. The Morgan fingerprint density at radius 1 is 1.50 bits per heavy atom. The molecule has 0 amide bonds. The quantitative estimate of drug-likeness (QED) is 0.195. The minimum Gasteiger partial charge on any atom is -0.458 e. The summed E-state index contributed by atoms with van der Waals surface area (Å²) in [5.74, 6) is 0.307. The fourth-order valence-corrected chi connectivity index (χ4v) is 2.42. The van der Waals surface area contributed by atoms with E-state index in [4.69, 9.17) is 9.47 Å². The lowest BCUT2D eigenvalue weighted by Crippen LogP contribution is -2.08. The van der Waals surface area contributed by atoms with Gasteiger partial charge < -0.3 is 9.47 Å². The van der Waals surface area contributed by atoms with Crippen molar-refractivity contribution in [1.82, 2.24) is 0 Å². The second-order valence-corrected chi connectivity index (χ2v) is 6.40. The van der Waals surface area contributed by atoms with Crippen LogP contribution in [0.15, 0.2) is 36.5 Å². The predicted octanol–water partition coefficient (Wildman–Crippen LogP) is 4.59. The van der Waals surface area contributed by atoms with E-state index in [2.05, 4.69) is 33.4 Å². The molecular weight excluding hydrogens is 276 g/mol. The highest BCUT2D eigenvalue weighted by Gasteiger charge is 2.49. The van der Waals surface area contributed by atoms with Crippen LogP contribution >= 0.6 is 0 Å². The minimum atomic E-state index is -0.320. The van der Waals surface area contributed by atoms with Gasteiger partial charge in [-0.1, -0.05) is 38.7 Å². The molecule has 0 aromatic carbocycles. The zero-order valence-corrected chi connectivity index (χ0v) is 14.4. The van der Waals surface area contributed by atoms with Gasteiger partial charge in [-0.2, -0.15) is 0 Å². The number of rotatable bonds is 10. The van der Waals surface area contributed by atoms with Gasteiger partial charge in [0.15, 0.2) is 0 Å². The number of allylic oxidation sites excluding steroid dienone is 3. The van der Waals surface area contributed by atoms with Gasteiger partial charge in [0.25, 0.3) is 0 Å². The Labute approximate surface area is 135 Å². The van der Waals surface area contributed by atoms with Crippen LogP contribution in [0.2, 0.25) is 0 Å². The van der Waals surface area contributed by atoms with Crippen LogP contribution in [0.4, 0.5) is 0 Å². The fourth-order valence-electron chi connectivity index (χ4n) is 2.42. The maximum absolute atomic E-state index is 11.4. The molecule has 3 heteroatoms. The summed E-state index contributed by atoms with van der Waals surface area (Å²) >= 11 is 0. The van der Waals surface area contributed by atoms with Crippen molar-refractivity contribution in [3.05, 3.63) is 36.5 Å². The van der Waals surface area contributed by atoms with Crippen LogP contribution in [0.5, 0.6) is 0 Å². The summed E-state index contributed by atoms with van der Waals surface area (Å²) in [5.41, 5.74) is 1.05. The number of esters is 1. The molecule has 0 aromatic rings. The Balaban J connectivity index is 2.22. The van der Waals surface area contributed by atoms with Crippen LogP contribution in [-0.2, 0) is 14.3 Å². The van der Waals surface area contributed by atoms with E-state index in [1.807, 2.05) is 13.0 Å². The van der Waals surface area contributed by atoms with Crippen molar-refractivity contribution in [1.29, 1.82) is 0 Å². The summed E-state index contributed by atoms with van der Waals surface area (Å²) in [7, 11) is 0. The smallest absolute Gasteiger partial charge is 0.331 e. The molecule has 1 fully saturated rings. The van der Waals surface area contributed by atoms with Crippen LogP contribution < -0.4 is 0 Å². The highest BCUT2D eigenvalue weighted by Crippen LogP contribution is 2.42. The third kappa shape index (κ3) is 6.61. The summed E-state index contributed by atoms with van der Waals surface area (Å²) in [5, 5.41) is 0. The second kappa shape index (κ2) is 8.94. The zero-order valence-electron chi connectivity index (χ0n) is 14.4. The molecule has 1 aliphatic rings. The molecule has 3 nitrogen and oxygen atoms in total. The second-order valence-electron chi connectivity index (χ2n) is 6.40. The topological polar surface area (TPSA) is 38.8 Å². The van der Waals surface area contributed by atoms with Crippen molar-refractivity contribution in [3.8, 4) is 0 Å². The monoisotopic (exact) mass is 306 g/mol. The lowest BCUT2D eigenvalue weighted by Gasteiger charge is -2.08. The van der Waals surface area contributed by atoms with Gasteiger partial charge in [0, 0.05) is 6.08 Å². The molecule has 0 N–H and O–H groups in total. The van der Waals surface area contributed by atoms with Crippen molar-refractivity contribution >= 4 is 5.97 Å². The maximum atomic E-state index is 11.4. The van der Waals surface area contributed by atoms with Gasteiger partial charge in [0.05, 0.1) is 11.7 Å². The van der Waals surface area contributed by atoms with E-state index < -0.39 is 0 Å². The largest absolute Gasteiger partial charge is 0.458 e. The molecule has 1 aliphatic heterocycles. The minimum absolute atomic E-state index is 0.140. The number of hydrogen-bond donors (Lipinski definition) is 0. The van der Waals surface area contributed by atoms with E-state index >= 15 is 0 Å². The molecule has 1 heterocycles. The summed E-state index contributed by atoms with van der Waals surface area (Å²) in [6, 6.07) is 0. The van der Waals surface area contributed by atoms with Gasteiger partial charge in [0.1, 0.15) is 6.61 Å². The molecular formula is C19H30O3. The lowest BCUT2D eigenvalue weighted by atomic mass is 9.95. The van der Waals surface area contributed by atoms with Crippen LogP contribution in [0.3, 0.4) is 0 Å². The fraction of sp³-hybridized carbons (Fsp3) is 0.632. The molecule has 3 atom stereocenters. The summed E-state index contributed by atoms with van der Waals surface area (Å²) in [6.07, 6.45) is 12.1. The molecule has 3 unspecified atom stereocenters. The normalized spacial score (nSPS) is 26.0. The molecule has 0 radical (unpaired) electrons. The Morgan fingerprint density at radius 2 is 2.23 bits per heavy atom. The van der Waals surface area contributed by atoms with Gasteiger partial charge in [-0.15, -0.1) is 0 Å². The Kier molecular flexibility index (Phi) is 7.60. The van der Waals surface area contributed by atoms with Crippen molar-refractivity contribution in [2.75, 3.05) is 6.61 Å². The van der Waals surface area contributed by atoms with Crippen LogP contribution in [0.25, 0.3) is 0 Å². The molecule has 0 spiro atoms. The molecule has 22 heavy (non-hydrogen) atoms. The molecule has 0 aliphatic carbocycles. The van der Waals surface area contributed by atoms with E-state index in [0.717, 1.165) is 24.8 Å². The lowest BCUT2D eigenvalue weighted by molar-refractivity contribution is -0.136. The van der Waals surface area contributed by atoms with Gasteiger partial charge in [-0.05, 0) is 51.0 Å². The molecule has 1 rings (SSSR count). The van der Waals surface area contributed by atoms with E-state index in [1.165, 1.54) is 12.5 Å². The molecule has 1 saturated heterocycles. The van der Waals surface area contributed by atoms with Gasteiger partial charge in [0.2, 0.25) is 0 Å². The first-order chi connectivity index (χ1) is 10.4. The molecule has 0 bridgehead atoms. The third-order valence-corrected chi connectivity index (χ3v) is 4.27. The van der Waals surface area contributed by atoms with Crippen LogP contribution in [0.1, 0.15) is 53.4 Å². The van der Waals surface area contributed by atoms with Crippen molar-refractivity contribution in [3.63, 3.8) is 0 Å². The standard InChI is InChI=1S/C19H30O3/c1-6-13-21-18(20)14-16(4)10-8-9-15(3)11-12-17-19(5,7-2)22-17/h6,8,10,14-15,17H,1,7,9,11-13H2,2-5H3. The Morgan fingerprint density at radius 3 is 2.82 bits per heavy atom. The van der Waals surface area contributed by atoms with Crippen molar-refractivity contribution in [2.45, 2.75) is 65.1 Å². The number of carbonyl (C=O) groups excluding carboxylic acids is 1. The van der Waals surface area contributed by atoms with Gasteiger partial charge >= 0.3 is 5.97 Å². The zero-order chi connectivity index (χ0) is 16.6.